The number of hydrogen-bond acceptors (Lipinski definition) is 24. The average Bonchev–Trinajstić information content (AvgIpc) is 3.19. The van der Waals surface area contributed by atoms with Crippen molar-refractivity contribution in [1.29, 1.82) is 0 Å². The summed E-state index contributed by atoms with van der Waals surface area (Å²) in [5.41, 5.74) is 0. The zero-order valence-electron chi connectivity index (χ0n) is 46.4. The lowest BCUT2D eigenvalue weighted by Gasteiger charge is -1.93. The molecule has 35 heteroatoms. The molecule has 0 saturated heterocycles. The summed E-state index contributed by atoms with van der Waals surface area (Å²) in [6, 6.07) is -0.157. The fourth-order valence-corrected chi connectivity index (χ4v) is 1.09. The van der Waals surface area contributed by atoms with Crippen molar-refractivity contribution in [3.8, 4) is 0 Å². The second-order valence-electron chi connectivity index (χ2n) is 11.1. The van der Waals surface area contributed by atoms with E-state index in [0.29, 0.717) is 0 Å². The number of ketones is 1. The molecule has 0 aromatic carbocycles. The van der Waals surface area contributed by atoms with Crippen LogP contribution in [0.5, 0.6) is 0 Å². The minimum atomic E-state index is -3.32. The van der Waals surface area contributed by atoms with E-state index in [1.165, 1.54) is 70.2 Å². The molecule has 5 amide bonds. The summed E-state index contributed by atoms with van der Waals surface area (Å²) in [4.78, 5) is 68.2. The fraction of sp³-hybridized carbons (Fsp3) is 0.800. The van der Waals surface area contributed by atoms with Crippen LogP contribution in [0.4, 0.5) is 14.4 Å². The van der Waals surface area contributed by atoms with Crippen molar-refractivity contribution in [2.75, 3.05) is 155 Å². The molecule has 0 saturated carbocycles. The number of hydrogen-bond donors (Lipinski definition) is 7. The number of rotatable bonds is 3. The van der Waals surface area contributed by atoms with Gasteiger partial charge >= 0.3 is 24.2 Å². The number of ether oxygens (including phenoxy) is 5. The van der Waals surface area contributed by atoms with Crippen LogP contribution in [0.3, 0.4) is 0 Å². The van der Waals surface area contributed by atoms with Crippen LogP contribution in [0.25, 0.3) is 0 Å². The number of thioether (sulfide) groups is 1. The van der Waals surface area contributed by atoms with Gasteiger partial charge in [-0.15, -0.1) is 0 Å². The van der Waals surface area contributed by atoms with Gasteiger partial charge in [0.05, 0.1) is 54.3 Å². The summed E-state index contributed by atoms with van der Waals surface area (Å²) in [7, 11) is 8.24. The van der Waals surface area contributed by atoms with E-state index in [9.17, 15) is 71.4 Å². The molecular formula is C35H91N7O22S6. The maximum absolute atomic E-state index is 10.1. The second-order valence-corrected chi connectivity index (χ2v) is 21.1. The van der Waals surface area contributed by atoms with Crippen LogP contribution in [-0.4, -0.2) is 235 Å². The number of sulfone groups is 1. The van der Waals surface area contributed by atoms with Gasteiger partial charge < -0.3 is 55.1 Å². The fourth-order valence-electron chi connectivity index (χ4n) is 0.571. The number of alkyl carbamates (subject to hydrolysis) is 1. The molecule has 0 aliphatic heterocycles. The number of methoxy groups -OCH3 is 5. The highest BCUT2D eigenvalue weighted by molar-refractivity contribution is 7.97. The van der Waals surface area contributed by atoms with Gasteiger partial charge in [-0.1, -0.05) is 0 Å². The summed E-state index contributed by atoms with van der Waals surface area (Å²) in [5.74, 6) is -0.637. The summed E-state index contributed by atoms with van der Waals surface area (Å²) in [5, 5.41) is 12.1. The molecule has 0 aromatic rings. The van der Waals surface area contributed by atoms with Crippen LogP contribution >= 0.6 is 11.8 Å². The lowest BCUT2D eigenvalue weighted by atomic mass is 10.6. The van der Waals surface area contributed by atoms with Gasteiger partial charge in [-0.25, -0.2) is 44.4 Å². The van der Waals surface area contributed by atoms with Crippen LogP contribution in [0.15, 0.2) is 0 Å². The Morgan fingerprint density at radius 3 is 0.700 bits per heavy atom. The van der Waals surface area contributed by atoms with Gasteiger partial charge in [0, 0.05) is 99.0 Å². The number of carbonyl (C=O) groups is 7. The molecule has 0 unspecified atom stereocenters. The average molecular weight is 1150 g/mol. The van der Waals surface area contributed by atoms with E-state index in [1.807, 2.05) is 26.6 Å². The van der Waals surface area contributed by atoms with Gasteiger partial charge in [0.2, 0.25) is 31.9 Å². The Morgan fingerprint density at radius 1 is 0.500 bits per heavy atom. The summed E-state index contributed by atoms with van der Waals surface area (Å²) in [6.45, 7) is 7.03. The van der Waals surface area contributed by atoms with Crippen molar-refractivity contribution in [3.63, 3.8) is 0 Å². The first kappa shape index (κ1) is 103. The van der Waals surface area contributed by atoms with Crippen molar-refractivity contribution < 1.29 is 99.3 Å². The van der Waals surface area contributed by atoms with Crippen LogP contribution in [0.2, 0.25) is 0 Å². The molecule has 434 valence electrons. The lowest BCUT2D eigenvalue weighted by Crippen LogP contribution is -2.28. The molecule has 0 radical (unpaired) electrons. The molecule has 29 nitrogen and oxygen atoms in total. The van der Waals surface area contributed by atoms with Crippen molar-refractivity contribution in [2.45, 2.75) is 34.6 Å². The highest BCUT2D eigenvalue weighted by atomic mass is 32.2. The molecule has 7 N–H and O–H groups in total. The first-order valence-corrected chi connectivity index (χ1v) is 29.6. The quantitative estimate of drug-likeness (QED) is 0.101. The van der Waals surface area contributed by atoms with Gasteiger partial charge in [-0.2, -0.15) is 20.2 Å². The Bertz CT molecular complexity index is 1540. The molecule has 0 aliphatic carbocycles. The maximum atomic E-state index is 10.1. The predicted molar refractivity (Wildman–Crippen MR) is 281 cm³/mol. The van der Waals surface area contributed by atoms with Crippen LogP contribution < -0.4 is 36.0 Å². The monoisotopic (exact) mass is 1150 g/mol. The van der Waals surface area contributed by atoms with Crippen molar-refractivity contribution >= 4 is 104 Å². The Labute approximate surface area is 427 Å². The molecule has 0 bridgehead atoms. The maximum Gasteiger partial charge on any atom is 0.507 e. The number of esters is 1. The number of Topliss-reactive ketones (excluding diaryl/α,β-unsaturated/α-hetero) is 1. The lowest BCUT2D eigenvalue weighted by molar-refractivity contribution is -0.138. The number of amides is 5. The third kappa shape index (κ3) is 480. The normalized spacial score (nSPS) is 8.47. The van der Waals surface area contributed by atoms with E-state index in [2.05, 4.69) is 59.2 Å². The zero-order valence-corrected chi connectivity index (χ0v) is 51.3. The first-order valence-electron chi connectivity index (χ1n) is 18.1. The van der Waals surface area contributed by atoms with Crippen LogP contribution in [0.1, 0.15) is 34.6 Å². The van der Waals surface area contributed by atoms with Gasteiger partial charge in [0.25, 0.3) is 10.1 Å². The van der Waals surface area contributed by atoms with E-state index in [4.69, 9.17) is 0 Å². The number of urea groups is 1. The largest absolute Gasteiger partial charge is 0.507 e. The highest BCUT2D eigenvalue weighted by Crippen LogP contribution is 1.76. The van der Waals surface area contributed by atoms with Crippen molar-refractivity contribution in [1.82, 2.24) is 36.0 Å². The third-order valence-corrected chi connectivity index (χ3v) is 4.82. The Hall–Kier alpha value is -3.97. The minimum absolute atomic E-state index is 0.00463. The van der Waals surface area contributed by atoms with E-state index >= 15 is 0 Å². The van der Waals surface area contributed by atoms with Crippen molar-refractivity contribution in [3.05, 3.63) is 0 Å². The Balaban J connectivity index is -0.0000000405. The van der Waals surface area contributed by atoms with E-state index in [-0.39, 0.29) is 23.7 Å². The molecule has 0 fully saturated rings. The van der Waals surface area contributed by atoms with Gasteiger partial charge in [-0.05, 0) is 47.5 Å². The first-order chi connectivity index (χ1) is 31.2. The van der Waals surface area contributed by atoms with Gasteiger partial charge in [-0.3, -0.25) is 27.5 Å². The topological polar surface area (TPSA) is 413 Å². The molecule has 0 spiro atoms. The summed E-state index contributed by atoms with van der Waals surface area (Å²) in [6.07, 6.45) is 11.6. The van der Waals surface area contributed by atoms with E-state index in [0.717, 1.165) is 45.3 Å². The van der Waals surface area contributed by atoms with Crippen LogP contribution in [0, 0.1) is 0 Å². The van der Waals surface area contributed by atoms with E-state index < -0.39 is 69.0 Å². The molecule has 70 heavy (non-hydrogen) atoms. The molecule has 0 aliphatic rings. The second kappa shape index (κ2) is 79.2. The third-order valence-electron chi connectivity index (χ3n) is 2.82. The highest BCUT2D eigenvalue weighted by Gasteiger charge is 2.00. The van der Waals surface area contributed by atoms with Crippen molar-refractivity contribution in [2.24, 2.45) is 0 Å². The SMILES string of the molecule is CC(=O)NS(C)(=O)=O.CC(C)=O.CNC.CNC(=O)NC.CNC(=O)OC.CNC(C)=O.CNS(C)(=O)=O.COC.COC(=O)OC.COC(C)=O.COS(C)(=O)=O.CS(C)(=O)=O.CS(C)=O.CSC. The van der Waals surface area contributed by atoms with Gasteiger partial charge in [0.1, 0.15) is 15.6 Å². The predicted octanol–water partition coefficient (Wildman–Crippen LogP) is -0.984. The van der Waals surface area contributed by atoms with E-state index in [1.54, 1.807) is 64.4 Å². The zero-order chi connectivity index (χ0) is 60.5. The standard InChI is InChI=1S/C3H8N2O.C3H7NO3S.C3H7NO2.C3H7NO.C3H6O3.C3H6O2.C3H6O.C2H7NO2S.C2H7N.C2H6O3S.C2H6O2S.C2H6OS.C2H6O.C2H6S/c1-4-3(6)5-2;1-3(5)4-8(2,6)7;1-4-3(5)6-2;1-3(5)4-2;1-5-3(4)6-2;1-3(4)5-2;1-3(2)4;1-3-6(2,4)5;1-3-2;1-5-6(2,3)4;1-5(2,3)4;1-4(2)3;2*1-3-2/h1-2H3,(H2,4,5,6);1-2H3,(H,4,5);1-2H3,(H,4,5);1-2H3,(H,4,5);1-2H3;1-2H3;1-2H3;3H,1-2H3;3H,1-2H3;1-2H3;1-2H3;1-2H3;2*1-2H3. The number of nitrogens with one attached hydrogen (secondary N) is 7. The molecule has 0 aromatic heterocycles. The minimum Gasteiger partial charge on any atom is -0.469 e. The molecule has 0 rings (SSSR count). The Morgan fingerprint density at radius 2 is 0.700 bits per heavy atom. The Kier molecular flexibility index (Phi) is 117. The van der Waals surface area contributed by atoms with Crippen LogP contribution in [-0.2, 0) is 97.8 Å². The summed E-state index contributed by atoms with van der Waals surface area (Å²) >= 11 is 1.75. The number of sulfonamides is 2. The van der Waals surface area contributed by atoms with Gasteiger partial charge in [0.15, 0.2) is 0 Å². The number of carbonyl (C=O) groups excluding carboxylic acids is 7. The molecule has 0 atom stereocenters. The molecular weight excluding hydrogens is 1060 g/mol. The summed E-state index contributed by atoms with van der Waals surface area (Å²) < 4.78 is 117. The smallest absolute Gasteiger partial charge is 0.469 e. The molecule has 0 heterocycles.